The highest BCUT2D eigenvalue weighted by Gasteiger charge is 2.29. The van der Waals surface area contributed by atoms with Crippen molar-refractivity contribution in [2.24, 2.45) is 4.99 Å². The average molecular weight is 378 g/mol. The van der Waals surface area contributed by atoms with Gasteiger partial charge in [0.2, 0.25) is 0 Å². The maximum Gasteiger partial charge on any atom is 0.159 e. The topological polar surface area (TPSA) is 43.1 Å². The number of aliphatic imine (C=N–C) groups is 1. The molecule has 1 aliphatic heterocycles. The third-order valence-corrected chi connectivity index (χ3v) is 5.52. The van der Waals surface area contributed by atoms with Crippen LogP contribution in [0, 0.1) is 13.8 Å². The van der Waals surface area contributed by atoms with Crippen LogP contribution in [0.25, 0.3) is 11.1 Å². The molecule has 0 radical (unpaired) electrons. The molecule has 1 atom stereocenters. The standard InChI is InChI=1S/C25H22N4/c1-17-8-10-19(11-9-17)22-16-23(20-12-14-26-15-13-20)29-25(27-22)24(18(2)28-29)21-6-4-3-5-7-21/h3-15,23H,16H2,1-2H3/t23-/m1/s1. The Labute approximate surface area is 170 Å². The first-order valence-corrected chi connectivity index (χ1v) is 9.90. The number of pyridine rings is 1. The van der Waals surface area contributed by atoms with E-state index in [1.807, 2.05) is 18.5 Å². The van der Waals surface area contributed by atoms with E-state index in [4.69, 9.17) is 10.1 Å². The number of aromatic nitrogens is 3. The van der Waals surface area contributed by atoms with Crippen LogP contribution in [0.4, 0.5) is 5.82 Å². The van der Waals surface area contributed by atoms with E-state index in [1.54, 1.807) is 0 Å². The summed E-state index contributed by atoms with van der Waals surface area (Å²) in [6, 6.07) is 23.3. The summed E-state index contributed by atoms with van der Waals surface area (Å²) in [7, 11) is 0. The second-order valence-electron chi connectivity index (χ2n) is 7.52. The smallest absolute Gasteiger partial charge is 0.159 e. The summed E-state index contributed by atoms with van der Waals surface area (Å²) in [6.07, 6.45) is 4.50. The van der Waals surface area contributed by atoms with Gasteiger partial charge in [-0.25, -0.2) is 9.67 Å². The molecule has 0 saturated heterocycles. The molecule has 0 bridgehead atoms. The molecule has 0 N–H and O–H groups in total. The summed E-state index contributed by atoms with van der Waals surface area (Å²) >= 11 is 0. The lowest BCUT2D eigenvalue weighted by atomic mass is 9.95. The molecule has 0 fully saturated rings. The van der Waals surface area contributed by atoms with Crippen molar-refractivity contribution in [2.75, 3.05) is 0 Å². The van der Waals surface area contributed by atoms with Crippen LogP contribution >= 0.6 is 0 Å². The molecule has 142 valence electrons. The number of hydrogen-bond donors (Lipinski definition) is 0. The van der Waals surface area contributed by atoms with Crippen molar-refractivity contribution in [1.29, 1.82) is 0 Å². The average Bonchev–Trinajstić information content (AvgIpc) is 3.10. The predicted molar refractivity (Wildman–Crippen MR) is 117 cm³/mol. The third-order valence-electron chi connectivity index (χ3n) is 5.52. The Balaban J connectivity index is 1.72. The van der Waals surface area contributed by atoms with Gasteiger partial charge in [-0.05, 0) is 42.7 Å². The number of fused-ring (bicyclic) bond motifs is 1. The lowest BCUT2D eigenvalue weighted by Crippen LogP contribution is -2.21. The molecule has 4 aromatic rings. The van der Waals surface area contributed by atoms with Gasteiger partial charge in [-0.2, -0.15) is 5.10 Å². The minimum absolute atomic E-state index is 0.0953. The summed E-state index contributed by atoms with van der Waals surface area (Å²) in [5.41, 5.74) is 7.96. The molecule has 0 spiro atoms. The van der Waals surface area contributed by atoms with Gasteiger partial charge in [-0.3, -0.25) is 4.98 Å². The Morgan fingerprint density at radius 3 is 2.28 bits per heavy atom. The highest BCUT2D eigenvalue weighted by molar-refractivity contribution is 6.04. The van der Waals surface area contributed by atoms with Gasteiger partial charge < -0.3 is 0 Å². The summed E-state index contributed by atoms with van der Waals surface area (Å²) in [4.78, 5) is 9.31. The Morgan fingerprint density at radius 2 is 1.55 bits per heavy atom. The van der Waals surface area contributed by atoms with Crippen LogP contribution in [0.3, 0.4) is 0 Å². The second kappa shape index (κ2) is 7.13. The minimum Gasteiger partial charge on any atom is -0.265 e. The molecular weight excluding hydrogens is 356 g/mol. The van der Waals surface area contributed by atoms with Gasteiger partial charge in [0.05, 0.1) is 17.4 Å². The van der Waals surface area contributed by atoms with Crippen molar-refractivity contribution in [3.8, 4) is 11.1 Å². The Bertz CT molecular complexity index is 1170. The van der Waals surface area contributed by atoms with Gasteiger partial charge in [0.1, 0.15) is 0 Å². The van der Waals surface area contributed by atoms with Gasteiger partial charge >= 0.3 is 0 Å². The van der Waals surface area contributed by atoms with Crippen LogP contribution in [-0.4, -0.2) is 20.5 Å². The fraction of sp³-hybridized carbons (Fsp3) is 0.160. The molecule has 0 saturated carbocycles. The first kappa shape index (κ1) is 17.6. The lowest BCUT2D eigenvalue weighted by molar-refractivity contribution is 0.529. The first-order chi connectivity index (χ1) is 14.2. The maximum atomic E-state index is 5.12. The van der Waals surface area contributed by atoms with E-state index in [9.17, 15) is 0 Å². The van der Waals surface area contributed by atoms with E-state index in [1.165, 1.54) is 16.7 Å². The molecule has 29 heavy (non-hydrogen) atoms. The quantitative estimate of drug-likeness (QED) is 0.460. The van der Waals surface area contributed by atoms with Gasteiger partial charge in [-0.15, -0.1) is 0 Å². The highest BCUT2D eigenvalue weighted by Crippen LogP contribution is 2.41. The van der Waals surface area contributed by atoms with E-state index in [0.717, 1.165) is 34.8 Å². The number of benzene rings is 2. The molecule has 0 amide bonds. The van der Waals surface area contributed by atoms with Crippen molar-refractivity contribution < 1.29 is 0 Å². The molecular formula is C25H22N4. The van der Waals surface area contributed by atoms with E-state index in [2.05, 4.69) is 84.2 Å². The second-order valence-corrected chi connectivity index (χ2v) is 7.52. The summed E-state index contributed by atoms with van der Waals surface area (Å²) in [5.74, 6) is 0.928. The van der Waals surface area contributed by atoms with Crippen LogP contribution in [0.1, 0.15) is 34.8 Å². The molecule has 0 unspecified atom stereocenters. The molecule has 1 aliphatic rings. The summed E-state index contributed by atoms with van der Waals surface area (Å²) in [6.45, 7) is 4.18. The number of rotatable bonds is 3. The van der Waals surface area contributed by atoms with Gasteiger partial charge in [0, 0.05) is 24.4 Å². The van der Waals surface area contributed by atoms with E-state index in [-0.39, 0.29) is 6.04 Å². The van der Waals surface area contributed by atoms with E-state index in [0.29, 0.717) is 0 Å². The fourth-order valence-corrected chi connectivity index (χ4v) is 4.02. The Morgan fingerprint density at radius 1 is 0.828 bits per heavy atom. The van der Waals surface area contributed by atoms with Crippen molar-refractivity contribution in [2.45, 2.75) is 26.3 Å². The summed E-state index contributed by atoms with van der Waals surface area (Å²) < 4.78 is 2.09. The molecule has 2 aromatic carbocycles. The third kappa shape index (κ3) is 3.17. The normalized spacial score (nSPS) is 15.7. The van der Waals surface area contributed by atoms with Crippen LogP contribution in [0.5, 0.6) is 0 Å². The SMILES string of the molecule is Cc1ccc(C2=Nc3c(-c4ccccc4)c(C)nn3[C@@H](c3ccncc3)C2)cc1. The van der Waals surface area contributed by atoms with Crippen LogP contribution in [-0.2, 0) is 0 Å². The molecule has 0 aliphatic carbocycles. The Hall–Kier alpha value is -3.53. The van der Waals surface area contributed by atoms with E-state index >= 15 is 0 Å². The number of nitrogens with zero attached hydrogens (tertiary/aromatic N) is 4. The van der Waals surface area contributed by atoms with Crippen LogP contribution < -0.4 is 0 Å². The predicted octanol–water partition coefficient (Wildman–Crippen LogP) is 5.68. The minimum atomic E-state index is 0.0953. The molecule has 5 rings (SSSR count). The Kier molecular flexibility index (Phi) is 4.32. The fourth-order valence-electron chi connectivity index (χ4n) is 4.02. The van der Waals surface area contributed by atoms with Crippen molar-refractivity contribution in [3.05, 3.63) is 102 Å². The number of hydrogen-bond acceptors (Lipinski definition) is 3. The zero-order chi connectivity index (χ0) is 19.8. The highest BCUT2D eigenvalue weighted by atomic mass is 15.4. The molecule has 2 aromatic heterocycles. The first-order valence-electron chi connectivity index (χ1n) is 9.90. The van der Waals surface area contributed by atoms with Gasteiger partial charge in [-0.1, -0.05) is 60.2 Å². The zero-order valence-corrected chi connectivity index (χ0v) is 16.6. The van der Waals surface area contributed by atoms with Crippen LogP contribution in [0.2, 0.25) is 0 Å². The van der Waals surface area contributed by atoms with Gasteiger partial charge in [0.25, 0.3) is 0 Å². The van der Waals surface area contributed by atoms with Crippen LogP contribution in [0.15, 0.2) is 84.1 Å². The molecule has 4 nitrogen and oxygen atoms in total. The van der Waals surface area contributed by atoms with Gasteiger partial charge in [0.15, 0.2) is 5.82 Å². The molecule has 3 heterocycles. The maximum absolute atomic E-state index is 5.12. The van der Waals surface area contributed by atoms with Crippen molar-refractivity contribution in [3.63, 3.8) is 0 Å². The zero-order valence-electron chi connectivity index (χ0n) is 16.6. The molecule has 4 heteroatoms. The van der Waals surface area contributed by atoms with E-state index < -0.39 is 0 Å². The number of aryl methyl sites for hydroxylation is 2. The lowest BCUT2D eigenvalue weighted by Gasteiger charge is -2.25. The van der Waals surface area contributed by atoms with Crippen molar-refractivity contribution >= 4 is 11.5 Å². The largest absolute Gasteiger partial charge is 0.265 e. The van der Waals surface area contributed by atoms with Crippen molar-refractivity contribution in [1.82, 2.24) is 14.8 Å². The monoisotopic (exact) mass is 378 g/mol. The summed E-state index contributed by atoms with van der Waals surface area (Å²) in [5, 5.41) is 4.92.